The summed E-state index contributed by atoms with van der Waals surface area (Å²) >= 11 is 1.49. The topological polar surface area (TPSA) is 57.6 Å². The van der Waals surface area contributed by atoms with E-state index in [-0.39, 0.29) is 5.91 Å². The number of hydrogen-bond acceptors (Lipinski definition) is 3. The number of aliphatic carboxylic acids is 1. The summed E-state index contributed by atoms with van der Waals surface area (Å²) in [6, 6.07) is 1.90. The van der Waals surface area contributed by atoms with Crippen molar-refractivity contribution < 1.29 is 14.7 Å². The molecule has 4 nitrogen and oxygen atoms in total. The first-order chi connectivity index (χ1) is 8.49. The van der Waals surface area contributed by atoms with Gasteiger partial charge in [-0.3, -0.25) is 9.59 Å². The van der Waals surface area contributed by atoms with Gasteiger partial charge in [0, 0.05) is 18.0 Å². The first kappa shape index (κ1) is 13.1. The Balaban J connectivity index is 2.11. The molecule has 1 aromatic rings. The Morgan fingerprint density at radius 2 is 2.17 bits per heavy atom. The van der Waals surface area contributed by atoms with Crippen LogP contribution in [0.15, 0.2) is 6.07 Å². The molecule has 1 atom stereocenters. The van der Waals surface area contributed by atoms with E-state index in [4.69, 9.17) is 5.11 Å². The lowest BCUT2D eigenvalue weighted by atomic mass is 9.98. The van der Waals surface area contributed by atoms with Crippen molar-refractivity contribution >= 4 is 23.2 Å². The molecule has 2 rings (SSSR count). The number of amides is 1. The van der Waals surface area contributed by atoms with Gasteiger partial charge in [-0.2, -0.15) is 0 Å². The summed E-state index contributed by atoms with van der Waals surface area (Å²) in [6.07, 6.45) is 1.44. The van der Waals surface area contributed by atoms with Crippen molar-refractivity contribution in [1.82, 2.24) is 4.90 Å². The Kier molecular flexibility index (Phi) is 3.71. The van der Waals surface area contributed by atoms with Crippen LogP contribution < -0.4 is 0 Å². The van der Waals surface area contributed by atoms with Gasteiger partial charge < -0.3 is 10.0 Å². The van der Waals surface area contributed by atoms with Crippen LogP contribution in [0.5, 0.6) is 0 Å². The highest BCUT2D eigenvalue weighted by atomic mass is 32.1. The van der Waals surface area contributed by atoms with Gasteiger partial charge in [0.15, 0.2) is 0 Å². The lowest BCUT2D eigenvalue weighted by molar-refractivity contribution is -0.143. The van der Waals surface area contributed by atoms with Crippen LogP contribution in [-0.4, -0.2) is 35.0 Å². The van der Waals surface area contributed by atoms with Crippen molar-refractivity contribution in [3.05, 3.63) is 21.4 Å². The summed E-state index contributed by atoms with van der Waals surface area (Å²) < 4.78 is 0. The Morgan fingerprint density at radius 3 is 2.72 bits per heavy atom. The van der Waals surface area contributed by atoms with E-state index in [0.29, 0.717) is 19.5 Å². The van der Waals surface area contributed by atoms with Crippen LogP contribution in [0.4, 0.5) is 0 Å². The quantitative estimate of drug-likeness (QED) is 0.894. The molecule has 0 unspecified atom stereocenters. The molecule has 0 saturated carbocycles. The molecule has 1 aliphatic rings. The van der Waals surface area contributed by atoms with Crippen LogP contribution in [0.2, 0.25) is 0 Å². The second-order valence-corrected chi connectivity index (χ2v) is 6.03. The maximum absolute atomic E-state index is 12.3. The van der Waals surface area contributed by atoms with Crippen molar-refractivity contribution in [2.45, 2.75) is 26.7 Å². The molecule has 0 radical (unpaired) electrons. The zero-order chi connectivity index (χ0) is 13.3. The van der Waals surface area contributed by atoms with Crippen LogP contribution >= 0.6 is 11.3 Å². The predicted octanol–water partition coefficient (Wildman–Crippen LogP) is 2.30. The predicted molar refractivity (Wildman–Crippen MR) is 70.1 cm³/mol. The number of aryl methyl sites for hydroxylation is 2. The maximum Gasteiger partial charge on any atom is 0.308 e. The molecule has 1 saturated heterocycles. The molecule has 1 fully saturated rings. The highest BCUT2D eigenvalue weighted by Gasteiger charge is 2.29. The van der Waals surface area contributed by atoms with Crippen LogP contribution in [0.25, 0.3) is 0 Å². The number of piperidine rings is 1. The van der Waals surface area contributed by atoms with Crippen molar-refractivity contribution in [2.75, 3.05) is 13.1 Å². The van der Waals surface area contributed by atoms with Crippen molar-refractivity contribution in [2.24, 2.45) is 5.92 Å². The summed E-state index contributed by atoms with van der Waals surface area (Å²) in [6.45, 7) is 4.98. The molecule has 0 bridgehead atoms. The van der Waals surface area contributed by atoms with E-state index in [9.17, 15) is 9.59 Å². The molecule has 18 heavy (non-hydrogen) atoms. The van der Waals surface area contributed by atoms with Crippen LogP contribution in [0, 0.1) is 19.8 Å². The summed E-state index contributed by atoms with van der Waals surface area (Å²) in [7, 11) is 0. The zero-order valence-corrected chi connectivity index (χ0v) is 11.4. The number of likely N-dealkylation sites (tertiary alicyclic amines) is 1. The summed E-state index contributed by atoms with van der Waals surface area (Å²) in [4.78, 5) is 26.8. The maximum atomic E-state index is 12.3. The number of rotatable bonds is 2. The normalized spacial score (nSPS) is 19.9. The molecular formula is C13H17NO3S. The van der Waals surface area contributed by atoms with E-state index in [1.807, 2.05) is 19.9 Å². The lowest BCUT2D eigenvalue weighted by Gasteiger charge is -2.30. The van der Waals surface area contributed by atoms with E-state index in [1.54, 1.807) is 4.90 Å². The van der Waals surface area contributed by atoms with Crippen LogP contribution in [-0.2, 0) is 4.79 Å². The first-order valence-electron chi connectivity index (χ1n) is 6.08. The second kappa shape index (κ2) is 5.10. The number of nitrogens with zero attached hydrogens (tertiary/aromatic N) is 1. The Bertz CT molecular complexity index is 461. The average molecular weight is 267 g/mol. The van der Waals surface area contributed by atoms with E-state index >= 15 is 0 Å². The number of carbonyl (C=O) groups excluding carboxylic acids is 1. The van der Waals surface area contributed by atoms with Crippen LogP contribution in [0.1, 0.15) is 33.0 Å². The number of carboxylic acid groups (broad SMARTS) is 1. The van der Waals surface area contributed by atoms with Gasteiger partial charge in [0.25, 0.3) is 5.91 Å². The molecule has 0 aliphatic carbocycles. The minimum absolute atomic E-state index is 0.0258. The zero-order valence-electron chi connectivity index (χ0n) is 10.6. The van der Waals surface area contributed by atoms with Gasteiger partial charge in [-0.05, 0) is 38.3 Å². The summed E-state index contributed by atoms with van der Waals surface area (Å²) in [5.74, 6) is -1.24. The van der Waals surface area contributed by atoms with Gasteiger partial charge in [-0.25, -0.2) is 0 Å². The Morgan fingerprint density at radius 1 is 1.44 bits per heavy atom. The van der Waals surface area contributed by atoms with Crippen molar-refractivity contribution in [1.29, 1.82) is 0 Å². The molecule has 0 aromatic carbocycles. The molecule has 1 aliphatic heterocycles. The molecule has 5 heteroatoms. The lowest BCUT2D eigenvalue weighted by Crippen LogP contribution is -2.42. The molecule has 98 valence electrons. The highest BCUT2D eigenvalue weighted by Crippen LogP contribution is 2.24. The highest BCUT2D eigenvalue weighted by molar-refractivity contribution is 7.14. The third kappa shape index (κ3) is 2.56. The average Bonchev–Trinajstić information content (AvgIpc) is 2.69. The molecular weight excluding hydrogens is 250 g/mol. The van der Waals surface area contributed by atoms with Crippen molar-refractivity contribution in [3.63, 3.8) is 0 Å². The molecule has 1 aromatic heterocycles. The van der Waals surface area contributed by atoms with Gasteiger partial charge in [-0.15, -0.1) is 11.3 Å². The van der Waals surface area contributed by atoms with E-state index < -0.39 is 11.9 Å². The van der Waals surface area contributed by atoms with E-state index in [0.717, 1.165) is 21.7 Å². The smallest absolute Gasteiger partial charge is 0.308 e. The number of thiophene rings is 1. The molecule has 2 heterocycles. The Hall–Kier alpha value is -1.36. The number of carbonyl (C=O) groups is 2. The largest absolute Gasteiger partial charge is 0.481 e. The fourth-order valence-corrected chi connectivity index (χ4v) is 3.20. The van der Waals surface area contributed by atoms with E-state index in [2.05, 4.69) is 0 Å². The third-order valence-electron chi connectivity index (χ3n) is 3.43. The SMILES string of the molecule is Cc1cc(C(=O)N2CCC[C@H](C(=O)O)C2)sc1C. The van der Waals surface area contributed by atoms with Gasteiger partial charge in [0.1, 0.15) is 0 Å². The Labute approximate surface area is 110 Å². The minimum Gasteiger partial charge on any atom is -0.481 e. The number of carboxylic acids is 1. The minimum atomic E-state index is -0.800. The first-order valence-corrected chi connectivity index (χ1v) is 6.90. The van der Waals surface area contributed by atoms with E-state index in [1.165, 1.54) is 11.3 Å². The standard InChI is InChI=1S/C13H17NO3S/c1-8-6-11(18-9(8)2)12(15)14-5-3-4-10(7-14)13(16)17/h6,10H,3-5,7H2,1-2H3,(H,16,17)/t10-/m0/s1. The third-order valence-corrected chi connectivity index (χ3v) is 4.58. The van der Waals surface area contributed by atoms with Crippen LogP contribution in [0.3, 0.4) is 0 Å². The number of hydrogen-bond donors (Lipinski definition) is 1. The monoisotopic (exact) mass is 267 g/mol. The van der Waals surface area contributed by atoms with Gasteiger partial charge >= 0.3 is 5.97 Å². The molecule has 1 N–H and O–H groups in total. The fourth-order valence-electron chi connectivity index (χ4n) is 2.20. The van der Waals surface area contributed by atoms with Gasteiger partial charge in [0.2, 0.25) is 0 Å². The van der Waals surface area contributed by atoms with Gasteiger partial charge in [0.05, 0.1) is 10.8 Å². The molecule has 0 spiro atoms. The fraction of sp³-hybridized carbons (Fsp3) is 0.538. The second-order valence-electron chi connectivity index (χ2n) is 4.78. The summed E-state index contributed by atoms with van der Waals surface area (Å²) in [5, 5.41) is 9.02. The van der Waals surface area contributed by atoms with Gasteiger partial charge in [-0.1, -0.05) is 0 Å². The van der Waals surface area contributed by atoms with Crippen molar-refractivity contribution in [3.8, 4) is 0 Å². The molecule has 1 amide bonds. The summed E-state index contributed by atoms with van der Waals surface area (Å²) in [5.41, 5.74) is 1.12.